The molecular formula is C21H27IN2O. The normalized spacial score (nSPS) is 32.2. The second kappa shape index (κ2) is 7.33. The summed E-state index contributed by atoms with van der Waals surface area (Å²) >= 11 is 0. The predicted molar refractivity (Wildman–Crippen MR) is 97.4 cm³/mol. The highest BCUT2D eigenvalue weighted by Crippen LogP contribution is 2.46. The SMILES string of the molecule is C=CC1C[N+]2(CC)CCC1C[C@H]2[C@@H](O)c1ccnc2ccccc12.[I-]. The molecule has 3 aliphatic rings. The number of halogens is 1. The molecule has 3 aliphatic heterocycles. The van der Waals surface area contributed by atoms with Crippen LogP contribution in [0.2, 0.25) is 0 Å². The molecule has 3 nitrogen and oxygen atoms in total. The minimum Gasteiger partial charge on any atom is -1.00 e. The van der Waals surface area contributed by atoms with Crippen molar-refractivity contribution in [1.29, 1.82) is 0 Å². The van der Waals surface area contributed by atoms with E-state index in [1.54, 1.807) is 0 Å². The van der Waals surface area contributed by atoms with Gasteiger partial charge in [-0.1, -0.05) is 24.3 Å². The molecule has 0 radical (unpaired) electrons. The van der Waals surface area contributed by atoms with Crippen LogP contribution in [0.15, 0.2) is 49.2 Å². The summed E-state index contributed by atoms with van der Waals surface area (Å²) in [5.41, 5.74) is 2.01. The van der Waals surface area contributed by atoms with Gasteiger partial charge in [0.1, 0.15) is 12.1 Å². The van der Waals surface area contributed by atoms with Crippen molar-refractivity contribution in [2.75, 3.05) is 19.6 Å². The molecule has 0 saturated carbocycles. The molecule has 25 heavy (non-hydrogen) atoms. The molecule has 5 rings (SSSR count). The van der Waals surface area contributed by atoms with Gasteiger partial charge in [0.2, 0.25) is 0 Å². The Bertz CT molecular complexity index is 759. The highest BCUT2D eigenvalue weighted by atomic mass is 127. The topological polar surface area (TPSA) is 33.1 Å². The van der Waals surface area contributed by atoms with Gasteiger partial charge in [-0.15, -0.1) is 6.58 Å². The van der Waals surface area contributed by atoms with Crippen molar-refractivity contribution in [3.63, 3.8) is 0 Å². The van der Waals surface area contributed by atoms with Crippen molar-refractivity contribution in [3.8, 4) is 0 Å². The van der Waals surface area contributed by atoms with Crippen molar-refractivity contribution in [2.45, 2.75) is 31.9 Å². The van der Waals surface area contributed by atoms with Crippen LogP contribution in [0.5, 0.6) is 0 Å². The lowest BCUT2D eigenvalue weighted by Gasteiger charge is -2.57. The van der Waals surface area contributed by atoms with Crippen molar-refractivity contribution in [1.82, 2.24) is 4.98 Å². The maximum atomic E-state index is 11.4. The molecule has 5 atom stereocenters. The Morgan fingerprint density at radius 3 is 2.92 bits per heavy atom. The number of para-hydroxylation sites is 1. The van der Waals surface area contributed by atoms with E-state index in [4.69, 9.17) is 0 Å². The third-order valence-electron chi connectivity index (χ3n) is 6.67. The van der Waals surface area contributed by atoms with Crippen molar-refractivity contribution >= 4 is 10.9 Å². The van der Waals surface area contributed by atoms with E-state index in [2.05, 4.69) is 30.6 Å². The summed E-state index contributed by atoms with van der Waals surface area (Å²) in [4.78, 5) is 4.45. The van der Waals surface area contributed by atoms with Crippen LogP contribution >= 0.6 is 0 Å². The van der Waals surface area contributed by atoms with E-state index in [0.29, 0.717) is 11.8 Å². The number of hydrogen-bond donors (Lipinski definition) is 1. The number of rotatable bonds is 4. The van der Waals surface area contributed by atoms with Crippen LogP contribution in [0, 0.1) is 11.8 Å². The number of likely N-dealkylation sites (N-methyl/N-ethyl adjacent to an activating group) is 1. The number of quaternary nitrogens is 1. The minimum atomic E-state index is -0.425. The summed E-state index contributed by atoms with van der Waals surface area (Å²) in [6.45, 7) is 9.74. The summed E-state index contributed by atoms with van der Waals surface area (Å²) in [5.74, 6) is 1.29. The number of aliphatic hydroxyl groups is 1. The number of fused-ring (bicyclic) bond motifs is 4. The zero-order chi connectivity index (χ0) is 16.7. The molecule has 0 spiro atoms. The first-order valence-electron chi connectivity index (χ1n) is 9.18. The van der Waals surface area contributed by atoms with E-state index in [1.165, 1.54) is 13.0 Å². The van der Waals surface area contributed by atoms with E-state index in [1.807, 2.05) is 30.5 Å². The average Bonchev–Trinajstić information content (AvgIpc) is 2.67. The van der Waals surface area contributed by atoms with Gasteiger partial charge in [0.05, 0.1) is 25.2 Å². The maximum absolute atomic E-state index is 11.4. The molecule has 1 aromatic heterocycles. The molecule has 3 saturated heterocycles. The fourth-order valence-corrected chi connectivity index (χ4v) is 5.23. The highest BCUT2D eigenvalue weighted by Gasteiger charge is 2.53. The second-order valence-corrected chi connectivity index (χ2v) is 7.55. The quantitative estimate of drug-likeness (QED) is 0.423. The maximum Gasteiger partial charge on any atom is 0.131 e. The van der Waals surface area contributed by atoms with Crippen LogP contribution in [0.1, 0.15) is 31.4 Å². The van der Waals surface area contributed by atoms with Crippen LogP contribution in [-0.4, -0.2) is 40.2 Å². The summed E-state index contributed by atoms with van der Waals surface area (Å²) in [7, 11) is 0. The van der Waals surface area contributed by atoms with Gasteiger partial charge >= 0.3 is 0 Å². The fraction of sp³-hybridized carbons (Fsp3) is 0.476. The van der Waals surface area contributed by atoms with Gasteiger partial charge < -0.3 is 33.6 Å². The lowest BCUT2D eigenvalue weighted by molar-refractivity contribution is -0.971. The van der Waals surface area contributed by atoms with Crippen molar-refractivity contribution < 1.29 is 33.6 Å². The Kier molecular flexibility index (Phi) is 5.51. The first-order chi connectivity index (χ1) is 11.7. The van der Waals surface area contributed by atoms with Crippen molar-refractivity contribution in [2.24, 2.45) is 11.8 Å². The first-order valence-corrected chi connectivity index (χ1v) is 9.18. The Morgan fingerprint density at radius 1 is 1.36 bits per heavy atom. The third kappa shape index (κ3) is 3.02. The molecule has 1 aromatic carbocycles. The van der Waals surface area contributed by atoms with E-state index in [-0.39, 0.29) is 30.0 Å². The smallest absolute Gasteiger partial charge is 0.131 e. The lowest BCUT2D eigenvalue weighted by Crippen LogP contribution is -3.00. The van der Waals surface area contributed by atoms with E-state index < -0.39 is 6.10 Å². The molecule has 3 fully saturated rings. The number of hydrogen-bond acceptors (Lipinski definition) is 2. The van der Waals surface area contributed by atoms with Crippen LogP contribution in [0.4, 0.5) is 0 Å². The fourth-order valence-electron chi connectivity index (χ4n) is 5.23. The monoisotopic (exact) mass is 450 g/mol. The van der Waals surface area contributed by atoms with E-state index >= 15 is 0 Å². The molecule has 3 unspecified atom stereocenters. The Balaban J connectivity index is 0.00000182. The second-order valence-electron chi connectivity index (χ2n) is 7.55. The van der Waals surface area contributed by atoms with Gasteiger partial charge in [-0.2, -0.15) is 0 Å². The molecule has 2 bridgehead atoms. The Hall–Kier alpha value is -0.980. The molecular weight excluding hydrogens is 423 g/mol. The number of aliphatic hydroxyl groups excluding tert-OH is 1. The summed E-state index contributed by atoms with van der Waals surface area (Å²) in [6.07, 6.45) is 5.93. The zero-order valence-electron chi connectivity index (χ0n) is 14.8. The number of aromatic nitrogens is 1. The summed E-state index contributed by atoms with van der Waals surface area (Å²) in [5, 5.41) is 12.4. The lowest BCUT2D eigenvalue weighted by atomic mass is 9.71. The largest absolute Gasteiger partial charge is 1.00 e. The average molecular weight is 450 g/mol. The number of benzene rings is 1. The number of nitrogens with zero attached hydrogens (tertiary/aromatic N) is 2. The zero-order valence-corrected chi connectivity index (χ0v) is 17.0. The minimum absolute atomic E-state index is 0. The molecule has 0 aliphatic carbocycles. The molecule has 4 heterocycles. The first kappa shape index (κ1) is 18.8. The molecule has 1 N–H and O–H groups in total. The molecule has 2 aromatic rings. The van der Waals surface area contributed by atoms with E-state index in [9.17, 15) is 5.11 Å². The van der Waals surface area contributed by atoms with Crippen LogP contribution in [0.3, 0.4) is 0 Å². The van der Waals surface area contributed by atoms with Crippen molar-refractivity contribution in [3.05, 3.63) is 54.7 Å². The molecule has 134 valence electrons. The van der Waals surface area contributed by atoms with Gasteiger partial charge in [-0.25, -0.2) is 0 Å². The Morgan fingerprint density at radius 2 is 2.16 bits per heavy atom. The van der Waals surface area contributed by atoms with Crippen LogP contribution in [-0.2, 0) is 0 Å². The predicted octanol–water partition coefficient (Wildman–Crippen LogP) is 0.703. The highest BCUT2D eigenvalue weighted by molar-refractivity contribution is 5.82. The third-order valence-corrected chi connectivity index (χ3v) is 6.67. The van der Waals surface area contributed by atoms with Gasteiger partial charge in [-0.05, 0) is 30.5 Å². The molecule has 4 heteroatoms. The van der Waals surface area contributed by atoms with Gasteiger partial charge in [0.25, 0.3) is 0 Å². The van der Waals surface area contributed by atoms with E-state index in [0.717, 1.165) is 40.5 Å². The number of piperidine rings is 3. The van der Waals surface area contributed by atoms with Gasteiger partial charge in [0, 0.05) is 30.3 Å². The van der Waals surface area contributed by atoms with Gasteiger partial charge in [0.15, 0.2) is 0 Å². The standard InChI is InChI=1S/C21H27N2O.HI/c1-3-15-14-23(4-2)12-10-16(15)13-20(23)21(24)18-9-11-22-19-8-6-5-7-17(18)19;/h3,5-9,11,15-16,20-21,24H,1,4,10,12-14H2,2H3;1H/q+1;/p-1/t15?,16?,20-,21-,23?;/m0./s1. The summed E-state index contributed by atoms with van der Waals surface area (Å²) in [6, 6.07) is 10.4. The van der Waals surface area contributed by atoms with Gasteiger partial charge in [-0.3, -0.25) is 4.98 Å². The molecule has 0 amide bonds. The number of pyridine rings is 1. The Labute approximate surface area is 167 Å². The summed E-state index contributed by atoms with van der Waals surface area (Å²) < 4.78 is 1.03. The van der Waals surface area contributed by atoms with Crippen LogP contribution < -0.4 is 24.0 Å². The van der Waals surface area contributed by atoms with Crippen LogP contribution in [0.25, 0.3) is 10.9 Å².